The number of hydrogen-bond acceptors (Lipinski definition) is 4. The molecule has 0 radical (unpaired) electrons. The average molecular weight is 560 g/mol. The maximum Gasteiger partial charge on any atom is 0.329 e. The fourth-order valence-corrected chi connectivity index (χ4v) is 4.28. The minimum absolute atomic E-state index is 0.0745. The molecule has 6 nitrogen and oxygen atoms in total. The summed E-state index contributed by atoms with van der Waals surface area (Å²) in [6.07, 6.45) is 1.53. The van der Waals surface area contributed by atoms with Crippen LogP contribution in [0.5, 0.6) is 11.5 Å². The Morgan fingerprint density at radius 3 is 2.49 bits per heavy atom. The molecule has 1 aliphatic rings. The summed E-state index contributed by atoms with van der Waals surface area (Å²) in [5, 5.41) is 3.15. The molecule has 1 N–H and O–H groups in total. The van der Waals surface area contributed by atoms with E-state index in [0.717, 1.165) is 10.5 Å². The predicted molar refractivity (Wildman–Crippen MR) is 135 cm³/mol. The van der Waals surface area contributed by atoms with Gasteiger partial charge in [-0.05, 0) is 58.8 Å². The Kier molecular flexibility index (Phi) is 7.73. The maximum atomic E-state index is 14.0. The van der Waals surface area contributed by atoms with Crippen molar-refractivity contribution in [1.82, 2.24) is 10.2 Å². The molecule has 0 bridgehead atoms. The van der Waals surface area contributed by atoms with Gasteiger partial charge in [-0.1, -0.05) is 48.0 Å². The molecule has 9 heteroatoms. The van der Waals surface area contributed by atoms with E-state index in [1.165, 1.54) is 18.2 Å². The van der Waals surface area contributed by atoms with Gasteiger partial charge in [-0.2, -0.15) is 0 Å². The first-order chi connectivity index (χ1) is 16.9. The second-order valence-electron chi connectivity index (χ2n) is 7.61. The highest BCUT2D eigenvalue weighted by Gasteiger charge is 2.34. The molecule has 0 unspecified atom stereocenters. The van der Waals surface area contributed by atoms with Crippen molar-refractivity contribution in [2.45, 2.75) is 20.1 Å². The largest absolute Gasteiger partial charge is 0.490 e. The third-order valence-electron chi connectivity index (χ3n) is 5.22. The second-order valence-corrected chi connectivity index (χ2v) is 8.88. The van der Waals surface area contributed by atoms with Crippen LogP contribution in [-0.2, 0) is 17.9 Å². The van der Waals surface area contributed by atoms with Gasteiger partial charge >= 0.3 is 6.03 Å². The molecule has 3 aromatic carbocycles. The van der Waals surface area contributed by atoms with Gasteiger partial charge in [0.1, 0.15) is 18.1 Å². The van der Waals surface area contributed by atoms with E-state index in [1.54, 1.807) is 30.3 Å². The number of carbonyl (C=O) groups is 2. The van der Waals surface area contributed by atoms with Crippen molar-refractivity contribution in [2.75, 3.05) is 6.61 Å². The normalized spacial score (nSPS) is 14.4. The average Bonchev–Trinajstić information content (AvgIpc) is 3.08. The third kappa shape index (κ3) is 5.66. The Bertz CT molecular complexity index is 1310. The molecule has 0 atom stereocenters. The fourth-order valence-electron chi connectivity index (χ4n) is 3.52. The number of nitrogens with one attached hydrogen (secondary N) is 1. The summed E-state index contributed by atoms with van der Waals surface area (Å²) in [5.41, 5.74) is 1.75. The van der Waals surface area contributed by atoms with E-state index in [2.05, 4.69) is 21.2 Å². The molecular weight excluding hydrogens is 539 g/mol. The van der Waals surface area contributed by atoms with Gasteiger partial charge in [0.05, 0.1) is 17.6 Å². The molecule has 0 spiro atoms. The number of urea groups is 1. The molecule has 3 amide bonds. The van der Waals surface area contributed by atoms with Crippen LogP contribution in [0.1, 0.15) is 23.6 Å². The molecule has 35 heavy (non-hydrogen) atoms. The smallest absolute Gasteiger partial charge is 0.329 e. The van der Waals surface area contributed by atoms with Gasteiger partial charge in [-0.15, -0.1) is 0 Å². The minimum Gasteiger partial charge on any atom is -0.490 e. The van der Waals surface area contributed by atoms with Crippen molar-refractivity contribution in [1.29, 1.82) is 0 Å². The van der Waals surface area contributed by atoms with Gasteiger partial charge in [0.25, 0.3) is 5.91 Å². The van der Waals surface area contributed by atoms with E-state index in [0.29, 0.717) is 33.2 Å². The molecule has 1 fully saturated rings. The molecule has 0 aliphatic carbocycles. The number of hydrogen-bond donors (Lipinski definition) is 1. The van der Waals surface area contributed by atoms with Gasteiger partial charge in [-0.25, -0.2) is 9.18 Å². The number of ether oxygens (including phenoxy) is 2. The molecule has 180 valence electrons. The Hall–Kier alpha value is -3.36. The van der Waals surface area contributed by atoms with Crippen molar-refractivity contribution in [3.8, 4) is 11.5 Å². The van der Waals surface area contributed by atoms with E-state index < -0.39 is 17.8 Å². The highest BCUT2D eigenvalue weighted by atomic mass is 79.9. The zero-order valence-corrected chi connectivity index (χ0v) is 21.0. The first-order valence-corrected chi connectivity index (χ1v) is 11.9. The third-order valence-corrected chi connectivity index (χ3v) is 6.18. The molecule has 1 saturated heterocycles. The lowest BCUT2D eigenvalue weighted by Gasteiger charge is -2.15. The molecule has 1 heterocycles. The SMILES string of the molecule is CCOc1cc(/C=C2/NC(=O)N(Cc3ccccc3F)C2=O)cc(Br)c1OCc1ccccc1Cl. The van der Waals surface area contributed by atoms with Crippen LogP contribution in [0.3, 0.4) is 0 Å². The topological polar surface area (TPSA) is 67.9 Å². The summed E-state index contributed by atoms with van der Waals surface area (Å²) in [6.45, 7) is 2.30. The number of amides is 3. The Morgan fingerprint density at radius 1 is 1.06 bits per heavy atom. The number of rotatable bonds is 8. The van der Waals surface area contributed by atoms with E-state index in [4.69, 9.17) is 21.1 Å². The quantitative estimate of drug-likeness (QED) is 0.259. The summed E-state index contributed by atoms with van der Waals surface area (Å²) in [6, 6.07) is 16.2. The first-order valence-electron chi connectivity index (χ1n) is 10.8. The Morgan fingerprint density at radius 2 is 1.77 bits per heavy atom. The molecule has 0 saturated carbocycles. The maximum absolute atomic E-state index is 14.0. The lowest BCUT2D eigenvalue weighted by Crippen LogP contribution is -2.30. The fraction of sp³-hybridized carbons (Fsp3) is 0.154. The van der Waals surface area contributed by atoms with Crippen LogP contribution in [-0.4, -0.2) is 23.4 Å². The summed E-state index contributed by atoms with van der Waals surface area (Å²) in [4.78, 5) is 26.2. The van der Waals surface area contributed by atoms with Crippen LogP contribution in [0.4, 0.5) is 9.18 Å². The van der Waals surface area contributed by atoms with Crippen molar-refractivity contribution in [2.24, 2.45) is 0 Å². The van der Waals surface area contributed by atoms with Crippen LogP contribution < -0.4 is 14.8 Å². The summed E-state index contributed by atoms with van der Waals surface area (Å²) >= 11 is 9.74. The van der Waals surface area contributed by atoms with Crippen LogP contribution in [0.25, 0.3) is 6.08 Å². The van der Waals surface area contributed by atoms with Crippen LogP contribution in [0.2, 0.25) is 5.02 Å². The standard InChI is InChI=1S/C26H21BrClFN2O4/c1-2-34-23-13-16(11-19(27)24(23)35-15-18-8-3-5-9-20(18)28)12-22-25(32)31(26(33)30-22)14-17-7-4-6-10-21(17)29/h3-13H,2,14-15H2,1H3,(H,30,33)/b22-12+. The van der Waals surface area contributed by atoms with E-state index in [1.807, 2.05) is 25.1 Å². The van der Waals surface area contributed by atoms with Crippen molar-refractivity contribution in [3.63, 3.8) is 0 Å². The van der Waals surface area contributed by atoms with Gasteiger partial charge < -0.3 is 14.8 Å². The monoisotopic (exact) mass is 558 g/mol. The molecule has 1 aliphatic heterocycles. The van der Waals surface area contributed by atoms with Gasteiger partial charge in [0.15, 0.2) is 11.5 Å². The Balaban J connectivity index is 1.57. The van der Waals surface area contributed by atoms with Gasteiger partial charge in [-0.3, -0.25) is 9.69 Å². The van der Waals surface area contributed by atoms with E-state index in [9.17, 15) is 14.0 Å². The van der Waals surface area contributed by atoms with E-state index in [-0.39, 0.29) is 24.4 Å². The summed E-state index contributed by atoms with van der Waals surface area (Å²) in [7, 11) is 0. The van der Waals surface area contributed by atoms with Crippen molar-refractivity contribution >= 4 is 45.5 Å². The first kappa shape index (κ1) is 24.8. The van der Waals surface area contributed by atoms with Crippen LogP contribution in [0.15, 0.2) is 70.8 Å². The van der Waals surface area contributed by atoms with Crippen molar-refractivity contribution in [3.05, 3.63) is 98.4 Å². The summed E-state index contributed by atoms with van der Waals surface area (Å²) in [5.74, 6) is -0.0905. The molecular formula is C26H21BrClFN2O4. The number of imide groups is 1. The summed E-state index contributed by atoms with van der Waals surface area (Å²) < 4.78 is 26.4. The van der Waals surface area contributed by atoms with Crippen LogP contribution in [0, 0.1) is 5.82 Å². The second kappa shape index (κ2) is 10.9. The lowest BCUT2D eigenvalue weighted by atomic mass is 10.1. The molecule has 3 aromatic rings. The zero-order valence-electron chi connectivity index (χ0n) is 18.7. The minimum atomic E-state index is -0.617. The van der Waals surface area contributed by atoms with Crippen LogP contribution >= 0.6 is 27.5 Å². The number of carbonyl (C=O) groups excluding carboxylic acids is 2. The molecule has 4 rings (SSSR count). The van der Waals surface area contributed by atoms with Gasteiger partial charge in [0.2, 0.25) is 0 Å². The molecule has 0 aromatic heterocycles. The number of halogens is 3. The van der Waals surface area contributed by atoms with E-state index >= 15 is 0 Å². The van der Waals surface area contributed by atoms with Gasteiger partial charge in [0, 0.05) is 16.1 Å². The highest BCUT2D eigenvalue weighted by Crippen LogP contribution is 2.38. The Labute approximate surface area is 215 Å². The number of nitrogens with zero attached hydrogens (tertiary/aromatic N) is 1. The van der Waals surface area contributed by atoms with Crippen molar-refractivity contribution < 1.29 is 23.5 Å². The number of benzene rings is 3. The lowest BCUT2D eigenvalue weighted by molar-refractivity contribution is -0.123. The zero-order chi connectivity index (χ0) is 24.9. The highest BCUT2D eigenvalue weighted by molar-refractivity contribution is 9.10. The predicted octanol–water partition coefficient (Wildman–Crippen LogP) is 6.31.